The molecule has 0 aliphatic carbocycles. The first-order valence-electron chi connectivity index (χ1n) is 6.54. The van der Waals surface area contributed by atoms with Crippen molar-refractivity contribution in [3.8, 4) is 0 Å². The van der Waals surface area contributed by atoms with Gasteiger partial charge in [0.2, 0.25) is 5.82 Å². The topological polar surface area (TPSA) is 123 Å². The van der Waals surface area contributed by atoms with E-state index in [4.69, 9.17) is 0 Å². The van der Waals surface area contributed by atoms with Crippen LogP contribution < -0.4 is 5.32 Å². The van der Waals surface area contributed by atoms with E-state index < -0.39 is 15.1 Å². The summed E-state index contributed by atoms with van der Waals surface area (Å²) in [6, 6.07) is 2.79. The number of nitrogens with one attached hydrogen (secondary N) is 1. The summed E-state index contributed by atoms with van der Waals surface area (Å²) in [6.45, 7) is 1.67. The summed E-state index contributed by atoms with van der Waals surface area (Å²) < 4.78 is 26.3. The first-order valence-corrected chi connectivity index (χ1v) is 7.94. The van der Waals surface area contributed by atoms with Crippen LogP contribution >= 0.6 is 0 Å². The van der Waals surface area contributed by atoms with Crippen molar-refractivity contribution in [2.45, 2.75) is 13.5 Å². The van der Waals surface area contributed by atoms with Gasteiger partial charge in [-0.15, -0.1) is 0 Å². The number of hydrogen-bond donors (Lipinski definition) is 1. The zero-order chi connectivity index (χ0) is 17.2. The molecule has 0 aliphatic rings. The lowest BCUT2D eigenvalue weighted by molar-refractivity contribution is -0.384. The molecule has 0 spiro atoms. The summed E-state index contributed by atoms with van der Waals surface area (Å²) in [5.41, 5.74) is 0.262. The molecule has 0 aromatic carbocycles. The van der Waals surface area contributed by atoms with Gasteiger partial charge >= 0.3 is 15.9 Å². The molecular weight excluding hydrogens is 324 g/mol. The predicted molar refractivity (Wildman–Crippen MR) is 83.2 cm³/mol. The lowest BCUT2D eigenvalue weighted by atomic mass is 10.4. The molecule has 0 saturated carbocycles. The molecule has 0 aliphatic heterocycles. The van der Waals surface area contributed by atoms with E-state index in [1.165, 1.54) is 38.6 Å². The van der Waals surface area contributed by atoms with Crippen molar-refractivity contribution in [3.63, 3.8) is 0 Å². The Labute approximate surface area is 133 Å². The fraction of sp³-hybridized carbons (Fsp3) is 0.333. The fourth-order valence-electron chi connectivity index (χ4n) is 1.86. The smallest absolute Gasteiger partial charge is 0.311 e. The summed E-state index contributed by atoms with van der Waals surface area (Å²) in [7, 11) is -0.814. The first kappa shape index (κ1) is 16.8. The zero-order valence-corrected chi connectivity index (χ0v) is 13.6. The third-order valence-electron chi connectivity index (χ3n) is 3.02. The standard InChI is InChI=1S/C12H16N6O4S/c1-9-15-10(8-17(9)23(21,22)16(2)3)7-14-12-11(18(19)20)5-4-6-13-12/h4-6,8H,7H2,1-3H3,(H,13,14). The summed E-state index contributed by atoms with van der Waals surface area (Å²) in [6.07, 6.45) is 2.79. The molecule has 2 aromatic heterocycles. The Balaban J connectivity index is 2.22. The second kappa shape index (κ2) is 6.30. The largest absolute Gasteiger partial charge is 0.359 e. The maximum absolute atomic E-state index is 12.1. The number of imidazole rings is 1. The lowest BCUT2D eigenvalue weighted by Crippen LogP contribution is -2.29. The molecule has 2 heterocycles. The molecule has 0 fully saturated rings. The molecule has 11 heteroatoms. The Morgan fingerprint density at radius 3 is 2.74 bits per heavy atom. The normalized spacial score (nSPS) is 11.7. The maximum atomic E-state index is 12.1. The Morgan fingerprint density at radius 2 is 2.13 bits per heavy atom. The Bertz CT molecular complexity index is 830. The van der Waals surface area contributed by atoms with Gasteiger partial charge in [0.1, 0.15) is 5.82 Å². The second-order valence-electron chi connectivity index (χ2n) is 4.85. The number of hydrogen-bond acceptors (Lipinski definition) is 7. The highest BCUT2D eigenvalue weighted by atomic mass is 32.2. The molecule has 2 rings (SSSR count). The SMILES string of the molecule is Cc1nc(CNc2ncccc2[N+](=O)[O-])cn1S(=O)(=O)N(C)C. The third-order valence-corrected chi connectivity index (χ3v) is 4.81. The van der Waals surface area contributed by atoms with Gasteiger partial charge in [0.15, 0.2) is 0 Å². The van der Waals surface area contributed by atoms with Crippen LogP contribution in [0.3, 0.4) is 0 Å². The van der Waals surface area contributed by atoms with Gasteiger partial charge in [0.05, 0.1) is 17.2 Å². The minimum atomic E-state index is -3.66. The number of nitrogens with zero attached hydrogens (tertiary/aromatic N) is 5. The molecule has 0 atom stereocenters. The van der Waals surface area contributed by atoms with Crippen LogP contribution in [-0.4, -0.2) is 45.7 Å². The van der Waals surface area contributed by atoms with Crippen molar-refractivity contribution < 1.29 is 13.3 Å². The highest BCUT2D eigenvalue weighted by Crippen LogP contribution is 2.21. The van der Waals surface area contributed by atoms with Gasteiger partial charge in [-0.05, 0) is 13.0 Å². The Hall–Kier alpha value is -2.53. The monoisotopic (exact) mass is 340 g/mol. The highest BCUT2D eigenvalue weighted by molar-refractivity contribution is 7.87. The molecule has 1 N–H and O–H groups in total. The first-order chi connectivity index (χ1) is 10.7. The summed E-state index contributed by atoms with van der Waals surface area (Å²) in [5, 5.41) is 13.7. The zero-order valence-electron chi connectivity index (χ0n) is 12.8. The van der Waals surface area contributed by atoms with E-state index in [1.807, 2.05) is 0 Å². The average molecular weight is 340 g/mol. The van der Waals surface area contributed by atoms with Crippen molar-refractivity contribution in [1.82, 2.24) is 18.2 Å². The van der Waals surface area contributed by atoms with Gasteiger partial charge in [-0.1, -0.05) is 0 Å². The molecule has 0 radical (unpaired) electrons. The van der Waals surface area contributed by atoms with Crippen molar-refractivity contribution >= 4 is 21.7 Å². The van der Waals surface area contributed by atoms with E-state index >= 15 is 0 Å². The van der Waals surface area contributed by atoms with Crippen molar-refractivity contribution in [1.29, 1.82) is 0 Å². The molecule has 10 nitrogen and oxygen atoms in total. The van der Waals surface area contributed by atoms with E-state index in [-0.39, 0.29) is 18.1 Å². The molecule has 124 valence electrons. The van der Waals surface area contributed by atoms with E-state index in [1.54, 1.807) is 6.92 Å². The van der Waals surface area contributed by atoms with Crippen LogP contribution in [0, 0.1) is 17.0 Å². The molecule has 23 heavy (non-hydrogen) atoms. The molecular formula is C12H16N6O4S. The number of anilines is 1. The third kappa shape index (κ3) is 3.46. The Morgan fingerprint density at radius 1 is 1.43 bits per heavy atom. The maximum Gasteiger partial charge on any atom is 0.311 e. The number of rotatable bonds is 6. The van der Waals surface area contributed by atoms with E-state index in [9.17, 15) is 18.5 Å². The number of aromatic nitrogens is 3. The van der Waals surface area contributed by atoms with Gasteiger partial charge in [-0.3, -0.25) is 10.1 Å². The second-order valence-corrected chi connectivity index (χ2v) is 6.87. The summed E-state index contributed by atoms with van der Waals surface area (Å²) >= 11 is 0. The lowest BCUT2D eigenvalue weighted by Gasteiger charge is -2.12. The van der Waals surface area contributed by atoms with E-state index in [2.05, 4.69) is 15.3 Å². The number of pyridine rings is 1. The fourth-order valence-corrected chi connectivity index (χ4v) is 2.85. The van der Waals surface area contributed by atoms with E-state index in [0.717, 1.165) is 8.28 Å². The summed E-state index contributed by atoms with van der Waals surface area (Å²) in [5.74, 6) is 0.395. The van der Waals surface area contributed by atoms with Crippen LogP contribution in [-0.2, 0) is 16.8 Å². The quantitative estimate of drug-likeness (QED) is 0.608. The van der Waals surface area contributed by atoms with Crippen molar-refractivity contribution in [2.24, 2.45) is 0 Å². The van der Waals surface area contributed by atoms with Crippen LogP contribution in [0.25, 0.3) is 0 Å². The predicted octanol–water partition coefficient (Wildman–Crippen LogP) is 0.761. The van der Waals surface area contributed by atoms with Crippen LogP contribution in [0.1, 0.15) is 11.5 Å². The number of nitro groups is 1. The van der Waals surface area contributed by atoms with Crippen LogP contribution in [0.2, 0.25) is 0 Å². The van der Waals surface area contributed by atoms with Crippen LogP contribution in [0.5, 0.6) is 0 Å². The number of aryl methyl sites for hydroxylation is 1. The van der Waals surface area contributed by atoms with Gasteiger partial charge in [-0.2, -0.15) is 12.7 Å². The van der Waals surface area contributed by atoms with Crippen LogP contribution in [0.4, 0.5) is 11.5 Å². The molecule has 0 unspecified atom stereocenters. The van der Waals surface area contributed by atoms with Crippen molar-refractivity contribution in [2.75, 3.05) is 19.4 Å². The van der Waals surface area contributed by atoms with E-state index in [0.29, 0.717) is 11.5 Å². The highest BCUT2D eigenvalue weighted by Gasteiger charge is 2.20. The average Bonchev–Trinajstić information content (AvgIpc) is 2.87. The van der Waals surface area contributed by atoms with Gasteiger partial charge < -0.3 is 5.32 Å². The molecule has 0 amide bonds. The minimum absolute atomic E-state index is 0.0974. The van der Waals surface area contributed by atoms with Crippen molar-refractivity contribution in [3.05, 3.63) is 46.2 Å². The molecule has 0 bridgehead atoms. The summed E-state index contributed by atoms with van der Waals surface area (Å²) in [4.78, 5) is 18.4. The van der Waals surface area contributed by atoms with Gasteiger partial charge in [0, 0.05) is 32.6 Å². The Kier molecular flexibility index (Phi) is 4.61. The molecule has 0 saturated heterocycles. The minimum Gasteiger partial charge on any atom is -0.359 e. The van der Waals surface area contributed by atoms with Crippen LogP contribution in [0.15, 0.2) is 24.5 Å². The van der Waals surface area contributed by atoms with Gasteiger partial charge in [0.25, 0.3) is 0 Å². The molecule has 2 aromatic rings. The van der Waals surface area contributed by atoms with Gasteiger partial charge in [-0.25, -0.2) is 13.9 Å².